The summed E-state index contributed by atoms with van der Waals surface area (Å²) < 4.78 is 0. The molecule has 0 saturated heterocycles. The molecule has 0 spiro atoms. The van der Waals surface area contributed by atoms with Crippen molar-refractivity contribution < 1.29 is 9.90 Å². The second-order valence-electron chi connectivity index (χ2n) is 4.08. The van der Waals surface area contributed by atoms with Crippen molar-refractivity contribution in [2.75, 3.05) is 6.54 Å². The third-order valence-electron chi connectivity index (χ3n) is 2.58. The highest BCUT2D eigenvalue weighted by Gasteiger charge is 2.02. The number of carbonyl (C=O) groups is 1. The summed E-state index contributed by atoms with van der Waals surface area (Å²) in [5.74, 6) is -0.934. The van der Waals surface area contributed by atoms with Gasteiger partial charge in [-0.2, -0.15) is 0 Å². The fourth-order valence-electron chi connectivity index (χ4n) is 1.55. The van der Waals surface area contributed by atoms with Crippen LogP contribution in [0.1, 0.15) is 48.7 Å². The van der Waals surface area contributed by atoms with Crippen molar-refractivity contribution in [3.8, 4) is 0 Å². The minimum atomic E-state index is -0.934. The second-order valence-corrected chi connectivity index (χ2v) is 4.08. The number of hydrogen-bond donors (Lipinski definition) is 2. The van der Waals surface area contributed by atoms with Gasteiger partial charge in [-0.1, -0.05) is 26.2 Å². The van der Waals surface area contributed by atoms with Crippen molar-refractivity contribution >= 4 is 5.97 Å². The summed E-state index contributed by atoms with van der Waals surface area (Å²) in [5, 5.41) is 12.0. The largest absolute Gasteiger partial charge is 0.478 e. The lowest BCUT2D eigenvalue weighted by molar-refractivity contribution is 0.0696. The highest BCUT2D eigenvalue weighted by atomic mass is 16.4. The molecule has 0 atom stereocenters. The van der Waals surface area contributed by atoms with Crippen LogP contribution in [0.25, 0.3) is 0 Å². The molecule has 1 rings (SSSR count). The van der Waals surface area contributed by atoms with E-state index in [-0.39, 0.29) is 5.56 Å². The Morgan fingerprint density at radius 2 is 2.18 bits per heavy atom. The van der Waals surface area contributed by atoms with E-state index < -0.39 is 5.97 Å². The van der Waals surface area contributed by atoms with Crippen LogP contribution in [0, 0.1) is 0 Å². The van der Waals surface area contributed by atoms with Crippen LogP contribution in [-0.4, -0.2) is 22.6 Å². The van der Waals surface area contributed by atoms with Crippen molar-refractivity contribution in [2.45, 2.75) is 39.2 Å². The Balaban J connectivity index is 2.21. The molecule has 1 aromatic rings. The Morgan fingerprint density at radius 3 is 2.76 bits per heavy atom. The van der Waals surface area contributed by atoms with Crippen molar-refractivity contribution in [1.29, 1.82) is 0 Å². The standard InChI is InChI=1S/C13H20N2O2/c1-2-3-4-5-8-14-10-12-7-6-11(9-15-12)13(16)17/h6-7,9,14H,2-5,8,10H2,1H3,(H,16,17). The Hall–Kier alpha value is -1.42. The Kier molecular flexibility index (Phi) is 6.25. The SMILES string of the molecule is CCCCCCNCc1ccc(C(=O)O)cn1. The summed E-state index contributed by atoms with van der Waals surface area (Å²) in [6, 6.07) is 3.34. The predicted molar refractivity (Wildman–Crippen MR) is 67.0 cm³/mol. The predicted octanol–water partition coefficient (Wildman–Crippen LogP) is 2.45. The molecule has 0 saturated carbocycles. The molecule has 0 amide bonds. The number of aromatic nitrogens is 1. The van der Waals surface area contributed by atoms with Crippen molar-refractivity contribution in [1.82, 2.24) is 10.3 Å². The smallest absolute Gasteiger partial charge is 0.337 e. The van der Waals surface area contributed by atoms with E-state index in [1.54, 1.807) is 12.1 Å². The molecule has 0 radical (unpaired) electrons. The van der Waals surface area contributed by atoms with E-state index in [1.807, 2.05) is 0 Å². The summed E-state index contributed by atoms with van der Waals surface area (Å²) in [5.41, 5.74) is 1.11. The summed E-state index contributed by atoms with van der Waals surface area (Å²) in [7, 11) is 0. The monoisotopic (exact) mass is 236 g/mol. The maximum Gasteiger partial charge on any atom is 0.337 e. The van der Waals surface area contributed by atoms with E-state index in [4.69, 9.17) is 5.11 Å². The van der Waals surface area contributed by atoms with E-state index in [0.717, 1.165) is 12.2 Å². The molecule has 17 heavy (non-hydrogen) atoms. The van der Waals surface area contributed by atoms with E-state index in [2.05, 4.69) is 17.2 Å². The zero-order valence-electron chi connectivity index (χ0n) is 10.3. The molecule has 4 heteroatoms. The number of pyridine rings is 1. The van der Waals surface area contributed by atoms with Gasteiger partial charge in [-0.3, -0.25) is 4.98 Å². The Morgan fingerprint density at radius 1 is 1.35 bits per heavy atom. The molecule has 94 valence electrons. The van der Waals surface area contributed by atoms with Crippen molar-refractivity contribution in [3.05, 3.63) is 29.6 Å². The normalized spacial score (nSPS) is 10.4. The quantitative estimate of drug-likeness (QED) is 0.680. The number of aromatic carboxylic acids is 1. The van der Waals surface area contributed by atoms with Crippen molar-refractivity contribution in [2.24, 2.45) is 0 Å². The van der Waals surface area contributed by atoms with Gasteiger partial charge in [0.25, 0.3) is 0 Å². The van der Waals surface area contributed by atoms with Gasteiger partial charge in [0.05, 0.1) is 11.3 Å². The fraction of sp³-hybridized carbons (Fsp3) is 0.538. The van der Waals surface area contributed by atoms with Crippen LogP contribution in [0.5, 0.6) is 0 Å². The fourth-order valence-corrected chi connectivity index (χ4v) is 1.55. The number of unbranched alkanes of at least 4 members (excludes halogenated alkanes) is 3. The van der Waals surface area contributed by atoms with Gasteiger partial charge in [-0.15, -0.1) is 0 Å². The molecule has 1 heterocycles. The number of carboxylic acids is 1. The minimum Gasteiger partial charge on any atom is -0.478 e. The Labute approximate surface area is 102 Å². The van der Waals surface area contributed by atoms with E-state index in [1.165, 1.54) is 31.9 Å². The molecule has 0 aliphatic carbocycles. The molecule has 0 aromatic carbocycles. The minimum absolute atomic E-state index is 0.233. The van der Waals surface area contributed by atoms with Crippen LogP contribution in [0.4, 0.5) is 0 Å². The van der Waals surface area contributed by atoms with Gasteiger partial charge < -0.3 is 10.4 Å². The van der Waals surface area contributed by atoms with E-state index in [9.17, 15) is 4.79 Å². The van der Waals surface area contributed by atoms with Gasteiger partial charge >= 0.3 is 5.97 Å². The lowest BCUT2D eigenvalue weighted by Gasteiger charge is -2.04. The average Bonchev–Trinajstić information content (AvgIpc) is 2.34. The van der Waals surface area contributed by atoms with Gasteiger partial charge in [-0.05, 0) is 25.1 Å². The lowest BCUT2D eigenvalue weighted by atomic mass is 10.2. The average molecular weight is 236 g/mol. The molecule has 2 N–H and O–H groups in total. The first-order chi connectivity index (χ1) is 8.24. The van der Waals surface area contributed by atoms with Crippen molar-refractivity contribution in [3.63, 3.8) is 0 Å². The van der Waals surface area contributed by atoms with Crippen LogP contribution in [0.3, 0.4) is 0 Å². The van der Waals surface area contributed by atoms with Gasteiger partial charge in [-0.25, -0.2) is 4.79 Å². The molecule has 4 nitrogen and oxygen atoms in total. The van der Waals surface area contributed by atoms with Crippen LogP contribution < -0.4 is 5.32 Å². The van der Waals surface area contributed by atoms with Crippen LogP contribution >= 0.6 is 0 Å². The highest BCUT2D eigenvalue weighted by molar-refractivity contribution is 5.87. The first-order valence-electron chi connectivity index (χ1n) is 6.13. The number of rotatable bonds is 8. The molecular formula is C13H20N2O2. The second kappa shape index (κ2) is 7.79. The summed E-state index contributed by atoms with van der Waals surface area (Å²) in [4.78, 5) is 14.7. The molecule has 0 aliphatic heterocycles. The number of hydrogen-bond acceptors (Lipinski definition) is 3. The first kappa shape index (κ1) is 13.6. The van der Waals surface area contributed by atoms with Crippen LogP contribution in [0.2, 0.25) is 0 Å². The topological polar surface area (TPSA) is 62.2 Å². The molecule has 1 aromatic heterocycles. The zero-order valence-corrected chi connectivity index (χ0v) is 10.3. The highest BCUT2D eigenvalue weighted by Crippen LogP contribution is 2.01. The van der Waals surface area contributed by atoms with Gasteiger partial charge in [0.1, 0.15) is 0 Å². The molecule has 0 aliphatic rings. The van der Waals surface area contributed by atoms with E-state index >= 15 is 0 Å². The number of carboxylic acid groups (broad SMARTS) is 1. The summed E-state index contributed by atoms with van der Waals surface area (Å²) in [6.07, 6.45) is 6.37. The zero-order chi connectivity index (χ0) is 12.5. The van der Waals surface area contributed by atoms with Crippen LogP contribution in [0.15, 0.2) is 18.3 Å². The molecule has 0 unspecified atom stereocenters. The maximum absolute atomic E-state index is 10.6. The third-order valence-corrected chi connectivity index (χ3v) is 2.58. The Bertz CT molecular complexity index is 336. The summed E-state index contributed by atoms with van der Waals surface area (Å²) in [6.45, 7) is 3.88. The lowest BCUT2D eigenvalue weighted by Crippen LogP contribution is -2.15. The van der Waals surface area contributed by atoms with E-state index in [0.29, 0.717) is 6.54 Å². The number of nitrogens with one attached hydrogen (secondary N) is 1. The van der Waals surface area contributed by atoms with Crippen LogP contribution in [-0.2, 0) is 6.54 Å². The number of nitrogens with zero attached hydrogens (tertiary/aromatic N) is 1. The molecular weight excluding hydrogens is 216 g/mol. The maximum atomic E-state index is 10.6. The molecule has 0 bridgehead atoms. The van der Waals surface area contributed by atoms with Gasteiger partial charge in [0, 0.05) is 12.7 Å². The van der Waals surface area contributed by atoms with Gasteiger partial charge in [0.2, 0.25) is 0 Å². The van der Waals surface area contributed by atoms with Gasteiger partial charge in [0.15, 0.2) is 0 Å². The first-order valence-corrected chi connectivity index (χ1v) is 6.13. The molecule has 0 fully saturated rings. The summed E-state index contributed by atoms with van der Waals surface area (Å²) >= 11 is 0. The third kappa shape index (κ3) is 5.45.